The Bertz CT molecular complexity index is 1300. The summed E-state index contributed by atoms with van der Waals surface area (Å²) < 4.78 is 11.5. The van der Waals surface area contributed by atoms with Gasteiger partial charge in [-0.15, -0.1) is 37.2 Å². The number of halogens is 3. The zero-order valence-electron chi connectivity index (χ0n) is 23.5. The Balaban J connectivity index is 0.00000196. The highest BCUT2D eigenvalue weighted by Crippen LogP contribution is 2.39. The van der Waals surface area contributed by atoms with Crippen LogP contribution in [0, 0.1) is 6.92 Å². The van der Waals surface area contributed by atoms with Crippen molar-refractivity contribution in [2.75, 3.05) is 46.9 Å². The van der Waals surface area contributed by atoms with Crippen LogP contribution in [0.5, 0.6) is 11.5 Å². The molecule has 222 valence electrons. The number of aromatic amines is 1. The minimum atomic E-state index is -0.658. The molecule has 3 aromatic carbocycles. The lowest BCUT2D eigenvalue weighted by atomic mass is 9.94. The highest BCUT2D eigenvalue weighted by Gasteiger charge is 2.31. The number of hydrogen-bond donors (Lipinski definition) is 2. The van der Waals surface area contributed by atoms with Crippen molar-refractivity contribution in [2.45, 2.75) is 19.1 Å². The zero-order chi connectivity index (χ0) is 26.5. The van der Waals surface area contributed by atoms with Gasteiger partial charge in [-0.05, 0) is 19.1 Å². The maximum atomic E-state index is 11.1. The lowest BCUT2D eigenvalue weighted by Gasteiger charge is -2.40. The first-order chi connectivity index (χ1) is 18.6. The van der Waals surface area contributed by atoms with Crippen molar-refractivity contribution in [1.29, 1.82) is 0 Å². The number of para-hydroxylation sites is 2. The van der Waals surface area contributed by atoms with E-state index >= 15 is 0 Å². The molecule has 5 rings (SSSR count). The van der Waals surface area contributed by atoms with E-state index in [2.05, 4.69) is 39.0 Å². The van der Waals surface area contributed by atoms with E-state index in [1.807, 2.05) is 61.5 Å². The molecule has 0 saturated carbocycles. The minimum Gasteiger partial charge on any atom is -0.496 e. The maximum absolute atomic E-state index is 11.1. The average Bonchev–Trinajstić information content (AvgIpc) is 3.37. The molecule has 4 aromatic rings. The number of rotatable bonds is 9. The van der Waals surface area contributed by atoms with Gasteiger partial charge < -0.3 is 19.6 Å². The van der Waals surface area contributed by atoms with Crippen molar-refractivity contribution in [3.05, 3.63) is 101 Å². The fraction of sp³-hybridized carbons (Fsp3) is 0.323. The molecule has 1 atom stereocenters. The van der Waals surface area contributed by atoms with Crippen LogP contribution < -0.4 is 9.47 Å². The first-order valence-corrected chi connectivity index (χ1v) is 13.1. The molecule has 0 bridgehead atoms. The SMILES string of the molecule is COc1ccccc1C(c1ccccc1OC)N1CCN(CC(O)c2nc(-c3ccccc3)[nH]c2C)CC1.Cl.Cl.Cl. The molecule has 7 nitrogen and oxygen atoms in total. The van der Waals surface area contributed by atoms with Crippen molar-refractivity contribution >= 4 is 37.2 Å². The minimum absolute atomic E-state index is 0. The predicted octanol–water partition coefficient (Wildman–Crippen LogP) is 6.11. The number of aliphatic hydroxyl groups is 1. The van der Waals surface area contributed by atoms with Gasteiger partial charge in [0.25, 0.3) is 0 Å². The first-order valence-electron chi connectivity index (χ1n) is 13.1. The third-order valence-corrected chi connectivity index (χ3v) is 7.36. The number of H-pyrrole nitrogens is 1. The topological polar surface area (TPSA) is 73.8 Å². The average molecular weight is 622 g/mol. The van der Waals surface area contributed by atoms with Crippen molar-refractivity contribution in [2.24, 2.45) is 0 Å². The molecule has 1 saturated heterocycles. The quantitative estimate of drug-likeness (QED) is 0.235. The Morgan fingerprint density at radius 1 is 0.780 bits per heavy atom. The van der Waals surface area contributed by atoms with Gasteiger partial charge in [0, 0.05) is 55.1 Å². The molecular weight excluding hydrogens is 583 g/mol. The molecule has 2 N–H and O–H groups in total. The number of aromatic nitrogens is 2. The second kappa shape index (κ2) is 16.0. The highest BCUT2D eigenvalue weighted by molar-refractivity contribution is 5.86. The van der Waals surface area contributed by atoms with Gasteiger partial charge in [-0.3, -0.25) is 9.80 Å². The molecule has 0 amide bonds. The molecule has 1 fully saturated rings. The largest absolute Gasteiger partial charge is 0.496 e. The molecule has 2 heterocycles. The van der Waals surface area contributed by atoms with Gasteiger partial charge in [0.2, 0.25) is 0 Å². The van der Waals surface area contributed by atoms with E-state index in [0.717, 1.165) is 65.9 Å². The number of piperazine rings is 1. The molecule has 0 spiro atoms. The van der Waals surface area contributed by atoms with Gasteiger partial charge in [-0.25, -0.2) is 4.98 Å². The monoisotopic (exact) mass is 620 g/mol. The Morgan fingerprint density at radius 3 is 1.83 bits per heavy atom. The van der Waals surface area contributed by atoms with Gasteiger partial charge in [-0.1, -0.05) is 66.7 Å². The normalized spacial score (nSPS) is 14.4. The van der Waals surface area contributed by atoms with E-state index < -0.39 is 6.10 Å². The number of methoxy groups -OCH3 is 2. The second-order valence-electron chi connectivity index (χ2n) is 9.70. The van der Waals surface area contributed by atoms with Crippen LogP contribution >= 0.6 is 37.2 Å². The third-order valence-electron chi connectivity index (χ3n) is 7.36. The Kier molecular flexibility index (Phi) is 13.4. The van der Waals surface area contributed by atoms with E-state index in [1.165, 1.54) is 0 Å². The van der Waals surface area contributed by atoms with E-state index in [-0.39, 0.29) is 43.3 Å². The molecule has 1 aliphatic rings. The second-order valence-corrected chi connectivity index (χ2v) is 9.70. The number of β-amino-alcohol motifs (C(OH)–C–C–N with tert-alkyl or cyclic N) is 1. The summed E-state index contributed by atoms with van der Waals surface area (Å²) in [6.07, 6.45) is -0.658. The van der Waals surface area contributed by atoms with Crippen LogP contribution in [0.1, 0.15) is 34.7 Å². The van der Waals surface area contributed by atoms with Crippen LogP contribution in [-0.4, -0.2) is 71.8 Å². The standard InChI is InChI=1S/C31H36N4O3.3ClH/c1-22-29(33-31(32-22)23-11-5-4-6-12-23)26(36)21-34-17-19-35(20-18-34)30(24-13-7-9-15-27(24)37-2)25-14-8-10-16-28(25)38-3;;;/h4-16,26,30,36H,17-21H2,1-3H3,(H,32,33);3*1H. The van der Waals surface area contributed by atoms with E-state index in [0.29, 0.717) is 12.2 Å². The summed E-state index contributed by atoms with van der Waals surface area (Å²) in [7, 11) is 3.44. The van der Waals surface area contributed by atoms with Crippen molar-refractivity contribution in [3.63, 3.8) is 0 Å². The molecule has 1 aromatic heterocycles. The summed E-state index contributed by atoms with van der Waals surface area (Å²) in [4.78, 5) is 12.9. The first kappa shape index (κ1) is 34.4. The molecule has 10 heteroatoms. The summed E-state index contributed by atoms with van der Waals surface area (Å²) in [6, 6.07) is 26.4. The predicted molar refractivity (Wildman–Crippen MR) is 171 cm³/mol. The summed E-state index contributed by atoms with van der Waals surface area (Å²) >= 11 is 0. The summed E-state index contributed by atoms with van der Waals surface area (Å²) in [5.41, 5.74) is 4.87. The molecule has 1 unspecified atom stereocenters. The fourth-order valence-corrected chi connectivity index (χ4v) is 5.41. The molecule has 41 heavy (non-hydrogen) atoms. The molecule has 0 aliphatic carbocycles. The lowest BCUT2D eigenvalue weighted by molar-refractivity contribution is 0.0599. The van der Waals surface area contributed by atoms with Gasteiger partial charge in [0.1, 0.15) is 23.4 Å². The smallest absolute Gasteiger partial charge is 0.137 e. The van der Waals surface area contributed by atoms with E-state index in [4.69, 9.17) is 14.5 Å². The lowest BCUT2D eigenvalue weighted by Crippen LogP contribution is -2.49. The van der Waals surface area contributed by atoms with Crippen LogP contribution in [0.2, 0.25) is 0 Å². The molecule has 1 aliphatic heterocycles. The summed E-state index contributed by atoms with van der Waals surface area (Å²) in [6.45, 7) is 5.90. The summed E-state index contributed by atoms with van der Waals surface area (Å²) in [5, 5.41) is 11.1. The number of ether oxygens (including phenoxy) is 2. The van der Waals surface area contributed by atoms with Gasteiger partial charge in [0.05, 0.1) is 26.0 Å². The third kappa shape index (κ3) is 7.74. The van der Waals surface area contributed by atoms with Crippen LogP contribution in [0.3, 0.4) is 0 Å². The zero-order valence-corrected chi connectivity index (χ0v) is 26.0. The summed E-state index contributed by atoms with van der Waals surface area (Å²) in [5.74, 6) is 2.52. The number of benzene rings is 3. The van der Waals surface area contributed by atoms with Crippen LogP contribution in [0.15, 0.2) is 78.9 Å². The van der Waals surface area contributed by atoms with Crippen LogP contribution in [0.4, 0.5) is 0 Å². The number of nitrogens with one attached hydrogen (secondary N) is 1. The Labute approximate surface area is 261 Å². The van der Waals surface area contributed by atoms with Crippen molar-refractivity contribution in [3.8, 4) is 22.9 Å². The number of aliphatic hydroxyl groups excluding tert-OH is 1. The van der Waals surface area contributed by atoms with Gasteiger partial charge >= 0.3 is 0 Å². The maximum Gasteiger partial charge on any atom is 0.137 e. The van der Waals surface area contributed by atoms with Crippen molar-refractivity contribution in [1.82, 2.24) is 19.8 Å². The van der Waals surface area contributed by atoms with Crippen LogP contribution in [0.25, 0.3) is 11.4 Å². The van der Waals surface area contributed by atoms with Crippen LogP contribution in [-0.2, 0) is 0 Å². The molecular formula is C31H39Cl3N4O3. The van der Waals surface area contributed by atoms with Gasteiger partial charge in [-0.2, -0.15) is 0 Å². The van der Waals surface area contributed by atoms with E-state index in [9.17, 15) is 5.11 Å². The Morgan fingerprint density at radius 2 is 1.29 bits per heavy atom. The van der Waals surface area contributed by atoms with E-state index in [1.54, 1.807) is 14.2 Å². The highest BCUT2D eigenvalue weighted by atomic mass is 35.5. The van der Waals surface area contributed by atoms with Crippen molar-refractivity contribution < 1.29 is 14.6 Å². The number of hydrogen-bond acceptors (Lipinski definition) is 6. The number of imidazole rings is 1. The number of aryl methyl sites for hydroxylation is 1. The molecule has 0 radical (unpaired) electrons. The fourth-order valence-electron chi connectivity index (χ4n) is 5.41. The van der Waals surface area contributed by atoms with Gasteiger partial charge in [0.15, 0.2) is 0 Å². The Hall–Kier alpha value is -2.78. The number of nitrogens with zero attached hydrogens (tertiary/aromatic N) is 3.